The van der Waals surface area contributed by atoms with Crippen LogP contribution in [0.3, 0.4) is 0 Å². The summed E-state index contributed by atoms with van der Waals surface area (Å²) in [6, 6.07) is 6.30. The Hall–Kier alpha value is -3.08. The number of rotatable bonds is 7. The van der Waals surface area contributed by atoms with Crippen molar-refractivity contribution in [2.24, 2.45) is 11.7 Å². The average Bonchev–Trinajstić information content (AvgIpc) is 3.24. The third-order valence-corrected chi connectivity index (χ3v) is 8.14. The van der Waals surface area contributed by atoms with Crippen molar-refractivity contribution in [3.05, 3.63) is 35.3 Å². The predicted molar refractivity (Wildman–Crippen MR) is 149 cm³/mol. The normalized spacial score (nSPS) is 21.5. The van der Waals surface area contributed by atoms with E-state index < -0.39 is 0 Å². The Kier molecular flexibility index (Phi) is 7.65. The molecule has 5 rings (SSSR count). The summed E-state index contributed by atoms with van der Waals surface area (Å²) in [4.78, 5) is 31.7. The smallest absolute Gasteiger partial charge is 0.226 e. The molecule has 4 heterocycles. The van der Waals surface area contributed by atoms with Gasteiger partial charge in [-0.2, -0.15) is 0 Å². The van der Waals surface area contributed by atoms with Gasteiger partial charge in [0.2, 0.25) is 11.9 Å². The topological polar surface area (TPSA) is 108 Å². The van der Waals surface area contributed by atoms with Gasteiger partial charge in [-0.05, 0) is 72.1 Å². The minimum Gasteiger partial charge on any atom is -0.369 e. The largest absolute Gasteiger partial charge is 0.369 e. The molecule has 2 aliphatic heterocycles. The van der Waals surface area contributed by atoms with Crippen LogP contribution >= 0.6 is 0 Å². The zero-order chi connectivity index (χ0) is 27.0. The van der Waals surface area contributed by atoms with E-state index in [1.54, 1.807) is 0 Å². The second kappa shape index (κ2) is 11.0. The predicted octanol–water partition coefficient (Wildman–Crippen LogP) is 2.45. The molecule has 2 unspecified atom stereocenters. The van der Waals surface area contributed by atoms with Crippen molar-refractivity contribution >= 4 is 22.8 Å². The van der Waals surface area contributed by atoms with Gasteiger partial charge in [0.1, 0.15) is 5.76 Å². The number of fused-ring (bicyclic) bond motifs is 1. The van der Waals surface area contributed by atoms with Gasteiger partial charge in [-0.3, -0.25) is 14.6 Å². The lowest BCUT2D eigenvalue weighted by Gasteiger charge is -2.38. The Morgan fingerprint density at radius 1 is 1.13 bits per heavy atom. The van der Waals surface area contributed by atoms with Gasteiger partial charge in [-0.15, -0.1) is 0 Å². The van der Waals surface area contributed by atoms with E-state index in [2.05, 4.69) is 64.1 Å². The molecule has 10 heteroatoms. The van der Waals surface area contributed by atoms with Crippen molar-refractivity contribution in [3.8, 4) is 11.1 Å². The fourth-order valence-corrected chi connectivity index (χ4v) is 5.76. The van der Waals surface area contributed by atoms with Gasteiger partial charge in [-0.1, -0.05) is 11.2 Å². The zero-order valence-corrected chi connectivity index (χ0v) is 23.3. The highest BCUT2D eigenvalue weighted by Crippen LogP contribution is 2.38. The molecule has 2 N–H and O–H groups in total. The number of primary amides is 1. The molecule has 2 saturated heterocycles. The van der Waals surface area contributed by atoms with Crippen LogP contribution in [-0.2, 0) is 4.79 Å². The van der Waals surface area contributed by atoms with Crippen LogP contribution in [0.4, 0.5) is 5.95 Å². The van der Waals surface area contributed by atoms with Crippen molar-refractivity contribution in [1.29, 1.82) is 0 Å². The molecule has 2 atom stereocenters. The minimum absolute atomic E-state index is 0.0215. The van der Waals surface area contributed by atoms with Crippen molar-refractivity contribution in [2.75, 3.05) is 71.9 Å². The van der Waals surface area contributed by atoms with E-state index in [0.29, 0.717) is 6.42 Å². The summed E-state index contributed by atoms with van der Waals surface area (Å²) in [5.41, 5.74) is 10.5. The first-order valence-corrected chi connectivity index (χ1v) is 13.6. The first-order valence-electron chi connectivity index (χ1n) is 13.6. The Balaban J connectivity index is 1.53. The van der Waals surface area contributed by atoms with Crippen LogP contribution in [0.25, 0.3) is 22.0 Å². The number of anilines is 1. The van der Waals surface area contributed by atoms with Gasteiger partial charge < -0.3 is 20.1 Å². The summed E-state index contributed by atoms with van der Waals surface area (Å²) < 4.78 is 5.45. The maximum absolute atomic E-state index is 12.2. The second-order valence-electron chi connectivity index (χ2n) is 11.1. The summed E-state index contributed by atoms with van der Waals surface area (Å²) in [7, 11) is 6.34. The maximum atomic E-state index is 12.2. The Morgan fingerprint density at radius 2 is 1.89 bits per heavy atom. The number of nitrogens with two attached hydrogens (primary N) is 1. The molecule has 1 aromatic carbocycles. The second-order valence-corrected chi connectivity index (χ2v) is 11.1. The molecule has 2 aliphatic rings. The number of benzene rings is 1. The summed E-state index contributed by atoms with van der Waals surface area (Å²) >= 11 is 0. The van der Waals surface area contributed by atoms with Crippen LogP contribution in [0.2, 0.25) is 0 Å². The number of nitrogens with zero attached hydrogens (tertiary/aromatic N) is 7. The van der Waals surface area contributed by atoms with Crippen LogP contribution in [-0.4, -0.2) is 103 Å². The van der Waals surface area contributed by atoms with E-state index in [9.17, 15) is 4.79 Å². The lowest BCUT2D eigenvalue weighted by Crippen LogP contribution is -2.48. The van der Waals surface area contributed by atoms with E-state index in [4.69, 9.17) is 20.2 Å². The van der Waals surface area contributed by atoms with E-state index in [1.165, 1.54) is 0 Å². The number of piperazine rings is 1. The highest BCUT2D eigenvalue weighted by atomic mass is 16.5. The highest BCUT2D eigenvalue weighted by Gasteiger charge is 2.33. The number of amides is 1. The zero-order valence-electron chi connectivity index (χ0n) is 23.3. The summed E-state index contributed by atoms with van der Waals surface area (Å²) in [5.74, 6) is 1.17. The summed E-state index contributed by atoms with van der Waals surface area (Å²) in [6.07, 6.45) is 1.43. The van der Waals surface area contributed by atoms with Gasteiger partial charge in [0.05, 0.1) is 22.9 Å². The van der Waals surface area contributed by atoms with E-state index in [1.807, 2.05) is 13.8 Å². The number of carbonyl (C=O) groups is 1. The first-order chi connectivity index (χ1) is 18.2. The molecular formula is C28H40N8O2. The van der Waals surface area contributed by atoms with Crippen molar-refractivity contribution < 1.29 is 9.32 Å². The maximum Gasteiger partial charge on any atom is 0.226 e. The number of hydrogen-bond donors (Lipinski definition) is 1. The Morgan fingerprint density at radius 3 is 2.55 bits per heavy atom. The molecule has 1 amide bonds. The standard InChI is InChI=1S/C28H40N8O2/c1-18-25(19(2)38-32-18)20-6-7-23-22(16-20)26(24-17-21(27(29)37)8-9-34(24)5)31-28(30-23)36-14-12-35(13-15-36)11-10-33(3)4/h6-7,16,21,24H,8-15,17H2,1-5H3,(H2,29,37). The fraction of sp³-hybridized carbons (Fsp3) is 0.571. The monoisotopic (exact) mass is 520 g/mol. The lowest BCUT2D eigenvalue weighted by atomic mass is 9.87. The molecule has 0 radical (unpaired) electrons. The van der Waals surface area contributed by atoms with Crippen LogP contribution in [0.15, 0.2) is 22.7 Å². The number of likely N-dealkylation sites (tertiary alicyclic amines) is 1. The minimum atomic E-state index is -0.230. The van der Waals surface area contributed by atoms with Crippen LogP contribution in [0.5, 0.6) is 0 Å². The molecule has 0 saturated carbocycles. The van der Waals surface area contributed by atoms with Gasteiger partial charge >= 0.3 is 0 Å². The SMILES string of the molecule is Cc1noc(C)c1-c1ccc2nc(N3CCN(CCN(C)C)CC3)nc(C3CC(C(N)=O)CCN3C)c2c1. The quantitative estimate of drug-likeness (QED) is 0.503. The molecule has 0 spiro atoms. The first kappa shape index (κ1) is 26.5. The van der Waals surface area contributed by atoms with Crippen LogP contribution < -0.4 is 10.6 Å². The van der Waals surface area contributed by atoms with Gasteiger partial charge in [0, 0.05) is 56.1 Å². The van der Waals surface area contributed by atoms with E-state index in [0.717, 1.165) is 97.4 Å². The molecular weight excluding hydrogens is 480 g/mol. The molecule has 0 bridgehead atoms. The number of piperidine rings is 1. The number of aromatic nitrogens is 3. The lowest BCUT2D eigenvalue weighted by molar-refractivity contribution is -0.123. The van der Waals surface area contributed by atoms with Crippen molar-refractivity contribution in [3.63, 3.8) is 0 Å². The molecule has 38 heavy (non-hydrogen) atoms. The van der Waals surface area contributed by atoms with Gasteiger partial charge in [0.25, 0.3) is 0 Å². The molecule has 2 fully saturated rings. The average molecular weight is 521 g/mol. The number of aryl methyl sites for hydroxylation is 2. The number of carbonyl (C=O) groups excluding carboxylic acids is 1. The molecule has 10 nitrogen and oxygen atoms in total. The number of hydrogen-bond acceptors (Lipinski definition) is 9. The third-order valence-electron chi connectivity index (χ3n) is 8.14. The van der Waals surface area contributed by atoms with Gasteiger partial charge in [-0.25, -0.2) is 9.97 Å². The highest BCUT2D eigenvalue weighted by molar-refractivity contribution is 5.88. The molecule has 2 aromatic heterocycles. The Labute approximate surface area is 224 Å². The molecule has 0 aliphatic carbocycles. The molecule has 3 aromatic rings. The van der Waals surface area contributed by atoms with Crippen LogP contribution in [0.1, 0.15) is 36.0 Å². The summed E-state index contributed by atoms with van der Waals surface area (Å²) in [6.45, 7) is 10.6. The molecule has 204 valence electrons. The van der Waals surface area contributed by atoms with Crippen molar-refractivity contribution in [2.45, 2.75) is 32.7 Å². The summed E-state index contributed by atoms with van der Waals surface area (Å²) in [5, 5.41) is 5.15. The van der Waals surface area contributed by atoms with Gasteiger partial charge in [0.15, 0.2) is 0 Å². The van der Waals surface area contributed by atoms with Crippen LogP contribution in [0, 0.1) is 19.8 Å². The van der Waals surface area contributed by atoms with E-state index in [-0.39, 0.29) is 17.9 Å². The third kappa shape index (κ3) is 5.39. The number of likely N-dealkylation sites (N-methyl/N-ethyl adjacent to an activating group) is 1. The Bertz CT molecular complexity index is 1280. The van der Waals surface area contributed by atoms with Crippen molar-refractivity contribution in [1.82, 2.24) is 29.8 Å². The van der Waals surface area contributed by atoms with E-state index >= 15 is 0 Å². The fourth-order valence-electron chi connectivity index (χ4n) is 5.76.